The minimum Gasteiger partial charge on any atom is -0.375 e. The van der Waals surface area contributed by atoms with E-state index in [9.17, 15) is 13.2 Å². The van der Waals surface area contributed by atoms with Crippen LogP contribution < -0.4 is 10.6 Å². The molecule has 0 heterocycles. The fraction of sp³-hybridized carbons (Fsp3) is 0.136. The number of rotatable bonds is 7. The van der Waals surface area contributed by atoms with Gasteiger partial charge in [-0.05, 0) is 65.4 Å². The van der Waals surface area contributed by atoms with Gasteiger partial charge in [-0.2, -0.15) is 0 Å². The predicted octanol–water partition coefficient (Wildman–Crippen LogP) is 4.41. The number of hydrogen-bond donors (Lipinski definition) is 2. The van der Waals surface area contributed by atoms with Gasteiger partial charge in [0.05, 0.1) is 28.1 Å². The molecule has 0 bridgehead atoms. The zero-order valence-electron chi connectivity index (χ0n) is 15.8. The molecule has 0 aliphatic heterocycles. The SMILES string of the molecule is CC(NC(=O)CNc1ccc(I)cc1S(=O)(=O)c1ccccc1)c1ccccc1. The number of benzene rings is 3. The number of sulfone groups is 1. The Morgan fingerprint density at radius 1 is 0.966 bits per heavy atom. The molecule has 3 aromatic carbocycles. The number of hydrogen-bond acceptors (Lipinski definition) is 4. The van der Waals surface area contributed by atoms with Gasteiger partial charge in [0.25, 0.3) is 0 Å². The first-order valence-electron chi connectivity index (χ1n) is 9.06. The largest absolute Gasteiger partial charge is 0.375 e. The van der Waals surface area contributed by atoms with Crippen molar-refractivity contribution in [3.8, 4) is 0 Å². The van der Waals surface area contributed by atoms with Crippen LogP contribution in [0.1, 0.15) is 18.5 Å². The van der Waals surface area contributed by atoms with Crippen LogP contribution in [0.25, 0.3) is 0 Å². The van der Waals surface area contributed by atoms with Gasteiger partial charge in [-0.3, -0.25) is 4.79 Å². The topological polar surface area (TPSA) is 75.3 Å². The molecule has 3 aromatic rings. The van der Waals surface area contributed by atoms with Crippen LogP contribution in [0.5, 0.6) is 0 Å². The number of carbonyl (C=O) groups excluding carboxylic acids is 1. The predicted molar refractivity (Wildman–Crippen MR) is 123 cm³/mol. The highest BCUT2D eigenvalue weighted by Crippen LogP contribution is 2.29. The monoisotopic (exact) mass is 520 g/mol. The molecule has 0 aliphatic rings. The second kappa shape index (κ2) is 9.41. The van der Waals surface area contributed by atoms with Gasteiger partial charge >= 0.3 is 0 Å². The first kappa shape index (κ1) is 21.3. The van der Waals surface area contributed by atoms with Crippen LogP contribution in [0.4, 0.5) is 5.69 Å². The minimum absolute atomic E-state index is 0.0327. The highest BCUT2D eigenvalue weighted by Gasteiger charge is 2.22. The van der Waals surface area contributed by atoms with E-state index in [1.54, 1.807) is 48.5 Å². The normalized spacial score (nSPS) is 12.2. The summed E-state index contributed by atoms with van der Waals surface area (Å²) in [4.78, 5) is 12.7. The molecular weight excluding hydrogens is 499 g/mol. The maximum Gasteiger partial charge on any atom is 0.239 e. The van der Waals surface area contributed by atoms with E-state index >= 15 is 0 Å². The Hall–Kier alpha value is -2.39. The summed E-state index contributed by atoms with van der Waals surface area (Å²) in [5.74, 6) is -0.219. The Labute approximate surface area is 184 Å². The van der Waals surface area contributed by atoms with Crippen LogP contribution in [0.3, 0.4) is 0 Å². The van der Waals surface area contributed by atoms with Gasteiger partial charge < -0.3 is 10.6 Å². The third kappa shape index (κ3) is 5.36. The Kier molecular flexibility index (Phi) is 6.92. The molecule has 0 aromatic heterocycles. The Bertz CT molecular complexity index is 1090. The fourth-order valence-electron chi connectivity index (χ4n) is 2.88. The molecular formula is C22H21IN2O3S. The van der Waals surface area contributed by atoms with Crippen molar-refractivity contribution in [3.63, 3.8) is 0 Å². The van der Waals surface area contributed by atoms with Crippen LogP contribution >= 0.6 is 22.6 Å². The second-order valence-electron chi connectivity index (χ2n) is 6.51. The summed E-state index contributed by atoms with van der Waals surface area (Å²) in [6, 6.07) is 22.9. The number of nitrogens with one attached hydrogen (secondary N) is 2. The van der Waals surface area contributed by atoms with Crippen molar-refractivity contribution in [2.24, 2.45) is 0 Å². The molecule has 0 radical (unpaired) electrons. The zero-order valence-corrected chi connectivity index (χ0v) is 18.8. The maximum absolute atomic E-state index is 13.1. The highest BCUT2D eigenvalue weighted by atomic mass is 127. The van der Waals surface area contributed by atoms with Gasteiger partial charge in [-0.15, -0.1) is 0 Å². The number of anilines is 1. The zero-order chi connectivity index (χ0) is 20.9. The quantitative estimate of drug-likeness (QED) is 0.453. The van der Waals surface area contributed by atoms with E-state index in [4.69, 9.17) is 0 Å². The van der Waals surface area contributed by atoms with E-state index in [-0.39, 0.29) is 28.3 Å². The summed E-state index contributed by atoms with van der Waals surface area (Å²) in [6.07, 6.45) is 0. The van der Waals surface area contributed by atoms with E-state index in [1.807, 2.05) is 37.3 Å². The minimum atomic E-state index is -3.71. The van der Waals surface area contributed by atoms with E-state index in [2.05, 4.69) is 33.2 Å². The van der Waals surface area contributed by atoms with Crippen molar-refractivity contribution in [2.45, 2.75) is 22.8 Å². The van der Waals surface area contributed by atoms with Crippen molar-refractivity contribution in [2.75, 3.05) is 11.9 Å². The summed E-state index contributed by atoms with van der Waals surface area (Å²) < 4.78 is 26.9. The van der Waals surface area contributed by atoms with E-state index in [0.29, 0.717) is 5.69 Å². The van der Waals surface area contributed by atoms with Gasteiger partial charge in [0.2, 0.25) is 15.7 Å². The van der Waals surface area contributed by atoms with E-state index in [0.717, 1.165) is 9.13 Å². The van der Waals surface area contributed by atoms with Crippen LogP contribution in [0.2, 0.25) is 0 Å². The van der Waals surface area contributed by atoms with Crippen LogP contribution in [-0.2, 0) is 14.6 Å². The molecule has 0 saturated carbocycles. The van der Waals surface area contributed by atoms with E-state index < -0.39 is 9.84 Å². The molecule has 0 fully saturated rings. The average Bonchev–Trinajstić information content (AvgIpc) is 2.74. The average molecular weight is 520 g/mol. The van der Waals surface area contributed by atoms with Gasteiger partial charge in [0.15, 0.2) is 0 Å². The first-order valence-corrected chi connectivity index (χ1v) is 11.6. The molecule has 150 valence electrons. The second-order valence-corrected chi connectivity index (χ2v) is 9.67. The van der Waals surface area contributed by atoms with Crippen LogP contribution in [-0.4, -0.2) is 20.9 Å². The highest BCUT2D eigenvalue weighted by molar-refractivity contribution is 14.1. The molecule has 29 heavy (non-hydrogen) atoms. The van der Waals surface area contributed by atoms with E-state index in [1.165, 1.54) is 0 Å². The Morgan fingerprint density at radius 3 is 2.24 bits per heavy atom. The molecule has 7 heteroatoms. The first-order chi connectivity index (χ1) is 13.9. The van der Waals surface area contributed by atoms with Gasteiger partial charge in [0, 0.05) is 3.57 Å². The number of halogens is 1. The molecule has 0 aliphatic carbocycles. The third-order valence-corrected chi connectivity index (χ3v) is 6.88. The molecule has 1 atom stereocenters. The lowest BCUT2D eigenvalue weighted by Crippen LogP contribution is -2.32. The van der Waals surface area contributed by atoms with Crippen LogP contribution in [0, 0.1) is 3.57 Å². The lowest BCUT2D eigenvalue weighted by molar-refractivity contribution is -0.120. The van der Waals surface area contributed by atoms with Crippen molar-refractivity contribution < 1.29 is 13.2 Å². The molecule has 1 amide bonds. The molecule has 5 nitrogen and oxygen atoms in total. The Morgan fingerprint density at radius 2 is 1.59 bits per heavy atom. The molecule has 3 rings (SSSR count). The summed E-state index contributed by atoms with van der Waals surface area (Å²) in [5.41, 5.74) is 1.40. The number of carbonyl (C=O) groups is 1. The van der Waals surface area contributed by atoms with Crippen molar-refractivity contribution in [1.82, 2.24) is 5.32 Å². The van der Waals surface area contributed by atoms with Crippen molar-refractivity contribution >= 4 is 44.0 Å². The third-order valence-electron chi connectivity index (χ3n) is 4.40. The molecule has 1 unspecified atom stereocenters. The molecule has 2 N–H and O–H groups in total. The Balaban J connectivity index is 1.76. The summed E-state index contributed by atoms with van der Waals surface area (Å²) in [6.45, 7) is 1.87. The van der Waals surface area contributed by atoms with Gasteiger partial charge in [-0.25, -0.2) is 8.42 Å². The van der Waals surface area contributed by atoms with Crippen LogP contribution in [0.15, 0.2) is 88.7 Å². The lowest BCUT2D eigenvalue weighted by atomic mass is 10.1. The maximum atomic E-state index is 13.1. The summed E-state index contributed by atoms with van der Waals surface area (Å²) >= 11 is 2.07. The summed E-state index contributed by atoms with van der Waals surface area (Å²) in [5, 5.41) is 5.89. The number of amides is 1. The standard InChI is InChI=1S/C22H21IN2O3S/c1-16(17-8-4-2-5-9-17)25-22(26)15-24-20-13-12-18(23)14-21(20)29(27,28)19-10-6-3-7-11-19/h2-14,16,24H,15H2,1H3,(H,25,26). The van der Waals surface area contributed by atoms with Crippen molar-refractivity contribution in [1.29, 1.82) is 0 Å². The smallest absolute Gasteiger partial charge is 0.239 e. The summed E-state index contributed by atoms with van der Waals surface area (Å²) in [7, 11) is -3.71. The lowest BCUT2D eigenvalue weighted by Gasteiger charge is -2.16. The fourth-order valence-corrected chi connectivity index (χ4v) is 5.07. The molecule has 0 spiro atoms. The van der Waals surface area contributed by atoms with Gasteiger partial charge in [-0.1, -0.05) is 48.5 Å². The van der Waals surface area contributed by atoms with Gasteiger partial charge in [0.1, 0.15) is 0 Å². The van der Waals surface area contributed by atoms with Crippen molar-refractivity contribution in [3.05, 3.63) is 88.0 Å². The molecule has 0 saturated heterocycles.